The maximum atomic E-state index is 8.61. The Morgan fingerprint density at radius 1 is 1.40 bits per heavy atom. The molecule has 0 bridgehead atoms. The highest BCUT2D eigenvalue weighted by Crippen LogP contribution is 2.25. The molecule has 0 amide bonds. The first-order valence-corrected chi connectivity index (χ1v) is 3.99. The van der Waals surface area contributed by atoms with E-state index < -0.39 is 7.12 Å². The van der Waals surface area contributed by atoms with Crippen LogP contribution in [0.25, 0.3) is 0 Å². The fourth-order valence-corrected chi connectivity index (χ4v) is 1.76. The second-order valence-corrected chi connectivity index (χ2v) is 3.74. The van der Waals surface area contributed by atoms with Crippen LogP contribution in [0.5, 0.6) is 0 Å². The monoisotopic (exact) mass is 196 g/mol. The first kappa shape index (κ1) is 8.36. The van der Waals surface area contributed by atoms with E-state index in [9.17, 15) is 0 Å². The van der Waals surface area contributed by atoms with Crippen LogP contribution in [0, 0.1) is 0 Å². The molecule has 2 N–H and O–H groups in total. The lowest BCUT2D eigenvalue weighted by Crippen LogP contribution is -2.26. The van der Waals surface area contributed by atoms with Gasteiger partial charge in [0.25, 0.3) is 0 Å². The van der Waals surface area contributed by atoms with Crippen LogP contribution in [0.4, 0.5) is 0 Å². The molecule has 1 heterocycles. The first-order chi connectivity index (χ1) is 4.61. The molecule has 0 unspecified atom stereocenters. The number of thiophene rings is 1. The lowest BCUT2D eigenvalue weighted by molar-refractivity contribution is 0.427. The van der Waals surface area contributed by atoms with Crippen molar-refractivity contribution in [1.82, 2.24) is 0 Å². The molecule has 0 atom stereocenters. The van der Waals surface area contributed by atoms with Gasteiger partial charge >= 0.3 is 7.12 Å². The maximum absolute atomic E-state index is 8.61. The largest absolute Gasteiger partial charge is 0.499 e. The lowest BCUT2D eigenvalue weighted by Gasteiger charge is -1.87. The predicted octanol–water partition coefficient (Wildman–Crippen LogP) is 0.735. The minimum absolute atomic E-state index is 0.356. The molecule has 6 heteroatoms. The second kappa shape index (κ2) is 3.11. The minimum atomic E-state index is -1.48. The summed E-state index contributed by atoms with van der Waals surface area (Å²) in [5, 5.41) is 17.6. The Balaban J connectivity index is 2.98. The van der Waals surface area contributed by atoms with Gasteiger partial charge in [-0.1, -0.05) is 23.2 Å². The van der Waals surface area contributed by atoms with Crippen molar-refractivity contribution in [1.29, 1.82) is 0 Å². The van der Waals surface area contributed by atoms with Crippen molar-refractivity contribution in [3.05, 3.63) is 15.4 Å². The van der Waals surface area contributed by atoms with Crippen molar-refractivity contribution in [2.45, 2.75) is 0 Å². The Bertz CT molecular complexity index is 218. The van der Waals surface area contributed by atoms with Crippen molar-refractivity contribution in [3.63, 3.8) is 0 Å². The fraction of sp³-hybridized carbons (Fsp3) is 0. The van der Waals surface area contributed by atoms with Gasteiger partial charge in [0.2, 0.25) is 0 Å². The third-order valence-corrected chi connectivity index (χ3v) is 2.82. The minimum Gasteiger partial charge on any atom is -0.423 e. The molecular weight excluding hydrogens is 194 g/mol. The quantitative estimate of drug-likeness (QED) is 0.651. The van der Waals surface area contributed by atoms with Crippen molar-refractivity contribution in [2.75, 3.05) is 0 Å². The summed E-state index contributed by atoms with van der Waals surface area (Å²) in [6, 6.07) is 1.43. The fourth-order valence-electron chi connectivity index (χ4n) is 0.491. The van der Waals surface area contributed by atoms with Gasteiger partial charge in [-0.3, -0.25) is 0 Å². The van der Waals surface area contributed by atoms with Gasteiger partial charge in [-0.25, -0.2) is 0 Å². The Kier molecular flexibility index (Phi) is 2.60. The van der Waals surface area contributed by atoms with Crippen LogP contribution in [0.15, 0.2) is 6.07 Å². The summed E-state index contributed by atoms with van der Waals surface area (Å²) in [6.07, 6.45) is 0. The highest BCUT2D eigenvalue weighted by atomic mass is 35.5. The zero-order chi connectivity index (χ0) is 7.72. The molecule has 0 saturated carbocycles. The SMILES string of the molecule is OB(O)c1cc(Cl)c(Cl)s1. The van der Waals surface area contributed by atoms with E-state index in [1.54, 1.807) is 0 Å². The van der Waals surface area contributed by atoms with Gasteiger partial charge in [0.05, 0.1) is 5.02 Å². The molecule has 1 rings (SSSR count). The Labute approximate surface area is 72.2 Å². The van der Waals surface area contributed by atoms with Crippen molar-refractivity contribution in [2.24, 2.45) is 0 Å². The van der Waals surface area contributed by atoms with E-state index in [0.717, 1.165) is 11.3 Å². The highest BCUT2D eigenvalue weighted by Gasteiger charge is 2.15. The summed E-state index contributed by atoms with van der Waals surface area (Å²) >= 11 is 12.1. The summed E-state index contributed by atoms with van der Waals surface area (Å²) in [7, 11) is -1.48. The van der Waals surface area contributed by atoms with E-state index in [1.807, 2.05) is 0 Å². The van der Waals surface area contributed by atoms with Crippen LogP contribution in [-0.4, -0.2) is 17.2 Å². The Morgan fingerprint density at radius 2 is 2.00 bits per heavy atom. The summed E-state index contributed by atoms with van der Waals surface area (Å²) < 4.78 is 0.736. The van der Waals surface area contributed by atoms with Gasteiger partial charge in [-0.2, -0.15) is 0 Å². The summed E-state index contributed by atoms with van der Waals surface area (Å²) in [5.41, 5.74) is 0. The molecule has 0 spiro atoms. The van der Waals surface area contributed by atoms with Gasteiger partial charge in [0.1, 0.15) is 4.34 Å². The molecule has 2 nitrogen and oxygen atoms in total. The Morgan fingerprint density at radius 3 is 2.20 bits per heavy atom. The van der Waals surface area contributed by atoms with Crippen LogP contribution in [0.2, 0.25) is 9.36 Å². The lowest BCUT2D eigenvalue weighted by atomic mass is 9.90. The molecule has 0 aromatic carbocycles. The van der Waals surface area contributed by atoms with Crippen LogP contribution in [-0.2, 0) is 0 Å². The molecule has 0 aliphatic carbocycles. The topological polar surface area (TPSA) is 40.5 Å². The van der Waals surface area contributed by atoms with Crippen molar-refractivity contribution in [3.8, 4) is 0 Å². The van der Waals surface area contributed by atoms with Crippen LogP contribution in [0.3, 0.4) is 0 Å². The van der Waals surface area contributed by atoms with Gasteiger partial charge < -0.3 is 10.0 Å². The maximum Gasteiger partial charge on any atom is 0.499 e. The molecule has 0 aliphatic heterocycles. The number of hydrogen-bond donors (Lipinski definition) is 2. The van der Waals surface area contributed by atoms with E-state index >= 15 is 0 Å². The standard InChI is InChI=1S/C4H3BCl2O2S/c6-2-1-3(5(8)9)10-4(2)7/h1,8-9H. The third-order valence-electron chi connectivity index (χ3n) is 0.919. The molecule has 0 radical (unpaired) electrons. The van der Waals surface area contributed by atoms with E-state index in [2.05, 4.69) is 0 Å². The molecule has 0 fully saturated rings. The first-order valence-electron chi connectivity index (χ1n) is 2.42. The van der Waals surface area contributed by atoms with Crippen molar-refractivity contribution >= 4 is 46.4 Å². The molecule has 0 aliphatic rings. The van der Waals surface area contributed by atoms with Gasteiger partial charge in [0.15, 0.2) is 0 Å². The number of rotatable bonds is 1. The molecule has 54 valence electrons. The van der Waals surface area contributed by atoms with E-state index in [4.69, 9.17) is 33.2 Å². The van der Waals surface area contributed by atoms with E-state index in [-0.39, 0.29) is 0 Å². The number of hydrogen-bond acceptors (Lipinski definition) is 3. The molecule has 1 aromatic heterocycles. The second-order valence-electron chi connectivity index (χ2n) is 1.64. The zero-order valence-corrected chi connectivity index (χ0v) is 7.04. The summed E-state index contributed by atoms with van der Waals surface area (Å²) in [4.78, 5) is 0. The average molecular weight is 197 g/mol. The predicted molar refractivity (Wildman–Crippen MR) is 44.2 cm³/mol. The van der Waals surface area contributed by atoms with E-state index in [0.29, 0.717) is 14.1 Å². The summed E-state index contributed by atoms with van der Waals surface area (Å²) in [6.45, 7) is 0. The van der Waals surface area contributed by atoms with Gasteiger partial charge in [0, 0.05) is 4.78 Å². The Hall–Kier alpha value is 0.265. The zero-order valence-electron chi connectivity index (χ0n) is 4.71. The third kappa shape index (κ3) is 1.65. The molecule has 1 aromatic rings. The van der Waals surface area contributed by atoms with Crippen LogP contribution >= 0.6 is 34.5 Å². The molecular formula is C4H3BCl2O2S. The van der Waals surface area contributed by atoms with Gasteiger partial charge in [-0.15, -0.1) is 11.3 Å². The summed E-state index contributed by atoms with van der Waals surface area (Å²) in [5.74, 6) is 0. The molecule has 0 saturated heterocycles. The van der Waals surface area contributed by atoms with E-state index in [1.165, 1.54) is 6.07 Å². The normalized spacial score (nSPS) is 10.0. The van der Waals surface area contributed by atoms with Crippen LogP contribution < -0.4 is 4.78 Å². The highest BCUT2D eigenvalue weighted by molar-refractivity contribution is 7.25. The smallest absolute Gasteiger partial charge is 0.423 e. The van der Waals surface area contributed by atoms with Gasteiger partial charge in [-0.05, 0) is 6.07 Å². The van der Waals surface area contributed by atoms with Crippen molar-refractivity contribution < 1.29 is 10.0 Å². The molecule has 10 heavy (non-hydrogen) atoms. The average Bonchev–Trinajstić information content (AvgIpc) is 2.13. The number of halogens is 2. The van der Waals surface area contributed by atoms with Crippen LogP contribution in [0.1, 0.15) is 0 Å².